The van der Waals surface area contributed by atoms with E-state index < -0.39 is 11.6 Å². The lowest BCUT2D eigenvalue weighted by Crippen LogP contribution is -1.92. The third-order valence-corrected chi connectivity index (χ3v) is 2.12. The molecule has 4 heteroatoms. The average Bonchev–Trinajstić information content (AvgIpc) is 2.29. The highest BCUT2D eigenvalue weighted by Gasteiger charge is 2.11. The van der Waals surface area contributed by atoms with Crippen LogP contribution in [0.25, 0.3) is 11.3 Å². The fourth-order valence-corrected chi connectivity index (χ4v) is 1.39. The molecule has 0 N–H and O–H groups in total. The fraction of sp³-hybridized carbons (Fsp3) is 0. The molecule has 0 bridgehead atoms. The molecule has 0 amide bonds. The molecule has 2 nitrogen and oxygen atoms in total. The van der Waals surface area contributed by atoms with Crippen molar-refractivity contribution < 1.29 is 8.78 Å². The van der Waals surface area contributed by atoms with Gasteiger partial charge in [-0.1, -0.05) is 0 Å². The van der Waals surface area contributed by atoms with Crippen LogP contribution in [0.15, 0.2) is 36.5 Å². The lowest BCUT2D eigenvalue weighted by Gasteiger charge is -2.04. The van der Waals surface area contributed by atoms with Crippen molar-refractivity contribution in [1.29, 1.82) is 5.26 Å². The van der Waals surface area contributed by atoms with Gasteiger partial charge in [0.1, 0.15) is 17.3 Å². The summed E-state index contributed by atoms with van der Waals surface area (Å²) in [5.41, 5.74) is 0.346. The molecule has 0 radical (unpaired) electrons. The van der Waals surface area contributed by atoms with Gasteiger partial charge in [0.15, 0.2) is 0 Å². The number of rotatable bonds is 1. The van der Waals surface area contributed by atoms with Gasteiger partial charge in [-0.3, -0.25) is 4.98 Å². The van der Waals surface area contributed by atoms with E-state index in [9.17, 15) is 8.78 Å². The molecule has 0 fully saturated rings. The number of pyridine rings is 1. The molecule has 16 heavy (non-hydrogen) atoms. The molecule has 0 saturated carbocycles. The predicted molar refractivity (Wildman–Crippen MR) is 54.3 cm³/mol. The van der Waals surface area contributed by atoms with Gasteiger partial charge in [-0.2, -0.15) is 5.26 Å². The van der Waals surface area contributed by atoms with Gasteiger partial charge >= 0.3 is 0 Å². The molecular weight excluding hydrogens is 210 g/mol. The third kappa shape index (κ3) is 1.75. The Bertz CT molecular complexity index is 573. The Balaban J connectivity index is 2.69. The Kier molecular flexibility index (Phi) is 2.61. The van der Waals surface area contributed by atoms with E-state index in [0.29, 0.717) is 0 Å². The minimum absolute atomic E-state index is 0.0152. The number of benzene rings is 1. The summed E-state index contributed by atoms with van der Waals surface area (Å²) in [5.74, 6) is -1.11. The predicted octanol–water partition coefficient (Wildman–Crippen LogP) is 2.90. The summed E-state index contributed by atoms with van der Waals surface area (Å²) in [6, 6.07) is 8.09. The van der Waals surface area contributed by atoms with Crippen molar-refractivity contribution in [3.05, 3.63) is 53.7 Å². The second-order valence-corrected chi connectivity index (χ2v) is 3.14. The Morgan fingerprint density at radius 2 is 2.00 bits per heavy atom. The minimum Gasteiger partial charge on any atom is -0.253 e. The number of aromatic nitrogens is 1. The number of hydrogen-bond donors (Lipinski definition) is 0. The molecule has 0 saturated heterocycles. The molecule has 1 heterocycles. The van der Waals surface area contributed by atoms with Gasteiger partial charge in [-0.05, 0) is 30.3 Å². The molecule has 0 aliphatic carbocycles. The Morgan fingerprint density at radius 1 is 1.19 bits per heavy atom. The SMILES string of the molecule is N#Cc1ccc(F)cc1-c1ncccc1F. The number of halogens is 2. The van der Waals surface area contributed by atoms with Gasteiger partial charge < -0.3 is 0 Å². The Morgan fingerprint density at radius 3 is 2.69 bits per heavy atom. The van der Waals surface area contributed by atoms with E-state index in [4.69, 9.17) is 5.26 Å². The summed E-state index contributed by atoms with van der Waals surface area (Å²) >= 11 is 0. The molecule has 0 aliphatic heterocycles. The van der Waals surface area contributed by atoms with Crippen molar-refractivity contribution in [3.63, 3.8) is 0 Å². The van der Waals surface area contributed by atoms with E-state index in [1.807, 2.05) is 6.07 Å². The van der Waals surface area contributed by atoms with E-state index in [-0.39, 0.29) is 16.8 Å². The van der Waals surface area contributed by atoms with Crippen molar-refractivity contribution in [2.45, 2.75) is 0 Å². The van der Waals surface area contributed by atoms with E-state index >= 15 is 0 Å². The summed E-state index contributed by atoms with van der Waals surface area (Å²) in [7, 11) is 0. The van der Waals surface area contributed by atoms with Crippen LogP contribution in [0.4, 0.5) is 8.78 Å². The van der Waals surface area contributed by atoms with Crippen LogP contribution in [0.5, 0.6) is 0 Å². The van der Waals surface area contributed by atoms with Gasteiger partial charge in [0.25, 0.3) is 0 Å². The van der Waals surface area contributed by atoms with Crippen LogP contribution in [0.1, 0.15) is 5.56 Å². The molecule has 2 aromatic rings. The highest BCUT2D eigenvalue weighted by molar-refractivity contribution is 5.67. The highest BCUT2D eigenvalue weighted by atomic mass is 19.1. The van der Waals surface area contributed by atoms with Crippen molar-refractivity contribution in [2.24, 2.45) is 0 Å². The van der Waals surface area contributed by atoms with Gasteiger partial charge in [0.2, 0.25) is 0 Å². The number of nitriles is 1. The highest BCUT2D eigenvalue weighted by Crippen LogP contribution is 2.24. The van der Waals surface area contributed by atoms with Crippen molar-refractivity contribution in [1.82, 2.24) is 4.98 Å². The van der Waals surface area contributed by atoms with E-state index in [1.54, 1.807) is 0 Å². The second-order valence-electron chi connectivity index (χ2n) is 3.14. The smallest absolute Gasteiger partial charge is 0.149 e. The maximum absolute atomic E-state index is 13.4. The Labute approximate surface area is 90.8 Å². The first-order valence-corrected chi connectivity index (χ1v) is 4.53. The van der Waals surface area contributed by atoms with Crippen LogP contribution in [-0.2, 0) is 0 Å². The van der Waals surface area contributed by atoms with Gasteiger partial charge in [-0.25, -0.2) is 8.78 Å². The summed E-state index contributed by atoms with van der Waals surface area (Å²) in [4.78, 5) is 3.81. The first kappa shape index (κ1) is 10.2. The maximum Gasteiger partial charge on any atom is 0.149 e. The number of nitrogens with zero attached hydrogens (tertiary/aromatic N) is 2. The van der Waals surface area contributed by atoms with Crippen LogP contribution in [0.2, 0.25) is 0 Å². The first-order chi connectivity index (χ1) is 7.72. The summed E-state index contributed by atoms with van der Waals surface area (Å²) in [6.45, 7) is 0. The zero-order valence-electron chi connectivity index (χ0n) is 8.11. The quantitative estimate of drug-likeness (QED) is 0.734. The monoisotopic (exact) mass is 216 g/mol. The average molecular weight is 216 g/mol. The summed E-state index contributed by atoms with van der Waals surface area (Å²) < 4.78 is 26.5. The second kappa shape index (κ2) is 4.07. The topological polar surface area (TPSA) is 36.7 Å². The van der Waals surface area contributed by atoms with E-state index in [1.165, 1.54) is 24.4 Å². The molecule has 0 spiro atoms. The van der Waals surface area contributed by atoms with Crippen molar-refractivity contribution in [2.75, 3.05) is 0 Å². The molecule has 2 rings (SSSR count). The van der Waals surface area contributed by atoms with Crippen LogP contribution in [-0.4, -0.2) is 4.98 Å². The summed E-state index contributed by atoms with van der Waals surface area (Å²) in [5, 5.41) is 8.84. The lowest BCUT2D eigenvalue weighted by molar-refractivity contribution is 0.621. The van der Waals surface area contributed by atoms with E-state index in [2.05, 4.69) is 4.98 Å². The molecule has 0 atom stereocenters. The van der Waals surface area contributed by atoms with Crippen molar-refractivity contribution in [3.8, 4) is 17.3 Å². The number of hydrogen-bond acceptors (Lipinski definition) is 2. The van der Waals surface area contributed by atoms with Crippen LogP contribution >= 0.6 is 0 Å². The molecule has 78 valence electrons. The van der Waals surface area contributed by atoms with Gasteiger partial charge in [-0.15, -0.1) is 0 Å². The largest absolute Gasteiger partial charge is 0.253 e. The minimum atomic E-state index is -0.579. The maximum atomic E-state index is 13.4. The zero-order valence-corrected chi connectivity index (χ0v) is 8.11. The standard InChI is InChI=1S/C12H6F2N2/c13-9-4-3-8(7-15)10(6-9)12-11(14)2-1-5-16-12/h1-6H. The first-order valence-electron chi connectivity index (χ1n) is 4.53. The molecule has 0 unspecified atom stereocenters. The van der Waals surface area contributed by atoms with Gasteiger partial charge in [0, 0.05) is 11.8 Å². The van der Waals surface area contributed by atoms with Crippen LogP contribution in [0.3, 0.4) is 0 Å². The normalized spacial score (nSPS) is 9.81. The molecule has 1 aromatic carbocycles. The fourth-order valence-electron chi connectivity index (χ4n) is 1.39. The molecule has 1 aromatic heterocycles. The third-order valence-electron chi connectivity index (χ3n) is 2.12. The van der Waals surface area contributed by atoms with Crippen LogP contribution in [0, 0.1) is 23.0 Å². The van der Waals surface area contributed by atoms with E-state index in [0.717, 1.165) is 12.1 Å². The molecule has 0 aliphatic rings. The van der Waals surface area contributed by atoms with Crippen LogP contribution < -0.4 is 0 Å². The Hall–Kier alpha value is -2.28. The van der Waals surface area contributed by atoms with Crippen molar-refractivity contribution >= 4 is 0 Å². The zero-order chi connectivity index (χ0) is 11.5. The molecular formula is C12H6F2N2. The van der Waals surface area contributed by atoms with Gasteiger partial charge in [0.05, 0.1) is 11.6 Å². The summed E-state index contributed by atoms with van der Waals surface area (Å²) in [6.07, 6.45) is 1.39. The lowest BCUT2D eigenvalue weighted by atomic mass is 10.0.